The van der Waals surface area contributed by atoms with Crippen LogP contribution in [0.5, 0.6) is 0 Å². The van der Waals surface area contributed by atoms with E-state index in [-0.39, 0.29) is 11.1 Å². The van der Waals surface area contributed by atoms with Crippen LogP contribution in [0.4, 0.5) is 5.95 Å². The van der Waals surface area contributed by atoms with Crippen LogP contribution >= 0.6 is 0 Å². The van der Waals surface area contributed by atoms with Gasteiger partial charge in [-0.25, -0.2) is 0 Å². The first kappa shape index (κ1) is 6.17. The van der Waals surface area contributed by atoms with Gasteiger partial charge in [0.1, 0.15) is 0 Å². The van der Waals surface area contributed by atoms with E-state index in [1.807, 2.05) is 0 Å². The number of nitrogens with two attached hydrogens (primary N) is 1. The topological polar surface area (TPSA) is 108 Å². The van der Waals surface area contributed by atoms with E-state index in [4.69, 9.17) is 5.73 Å². The van der Waals surface area contributed by atoms with Crippen molar-refractivity contribution in [2.24, 2.45) is 0 Å². The van der Waals surface area contributed by atoms with Crippen LogP contribution in [-0.2, 0) is 11.1 Å². The highest BCUT2D eigenvalue weighted by molar-refractivity contribution is 7.78. The second-order valence-electron chi connectivity index (χ2n) is 1.23. The lowest BCUT2D eigenvalue weighted by molar-refractivity contribution is 0.529. The maximum atomic E-state index is 10.0. The lowest BCUT2D eigenvalue weighted by atomic mass is 11.1. The smallest absolute Gasteiger partial charge is 0.240 e. The van der Waals surface area contributed by atoms with Gasteiger partial charge >= 0.3 is 0 Å². The molecule has 1 aromatic rings. The van der Waals surface area contributed by atoms with E-state index in [1.54, 1.807) is 0 Å². The minimum Gasteiger partial charge on any atom is -0.766 e. The van der Waals surface area contributed by atoms with Crippen LogP contribution in [0.2, 0.25) is 0 Å². The van der Waals surface area contributed by atoms with Crippen LogP contribution in [-0.4, -0.2) is 23.9 Å². The average molecular weight is 147 g/mol. The Labute approximate surface area is 52.8 Å². The van der Waals surface area contributed by atoms with Crippen molar-refractivity contribution in [1.29, 1.82) is 0 Å². The van der Waals surface area contributed by atoms with Gasteiger partial charge < -0.3 is 10.3 Å². The SMILES string of the molecule is Nc1n[nH]c(S(=O)[O-])n1. The first-order valence-corrected chi connectivity index (χ1v) is 3.05. The maximum absolute atomic E-state index is 10.0. The molecule has 1 atom stereocenters. The monoisotopic (exact) mass is 147 g/mol. The van der Waals surface area contributed by atoms with E-state index in [0.29, 0.717) is 0 Å². The van der Waals surface area contributed by atoms with Crippen LogP contribution < -0.4 is 5.73 Å². The molecule has 1 unspecified atom stereocenters. The zero-order chi connectivity index (χ0) is 6.85. The van der Waals surface area contributed by atoms with E-state index < -0.39 is 11.1 Å². The molecule has 0 aliphatic rings. The number of hydrogen-bond donors (Lipinski definition) is 2. The predicted molar refractivity (Wildman–Crippen MR) is 28.0 cm³/mol. The molecule has 1 heterocycles. The van der Waals surface area contributed by atoms with Crippen LogP contribution in [0.15, 0.2) is 5.16 Å². The Kier molecular flexibility index (Phi) is 1.45. The quantitative estimate of drug-likeness (QED) is 0.476. The number of aromatic nitrogens is 3. The lowest BCUT2D eigenvalue weighted by Crippen LogP contribution is -1.91. The molecular formula is C2H3N4O2S-. The van der Waals surface area contributed by atoms with Gasteiger partial charge in [-0.3, -0.25) is 9.31 Å². The molecule has 9 heavy (non-hydrogen) atoms. The number of rotatable bonds is 1. The second kappa shape index (κ2) is 2.11. The fourth-order valence-corrected chi connectivity index (χ4v) is 0.622. The van der Waals surface area contributed by atoms with Crippen molar-refractivity contribution in [3.8, 4) is 0 Å². The van der Waals surface area contributed by atoms with E-state index in [0.717, 1.165) is 0 Å². The van der Waals surface area contributed by atoms with Gasteiger partial charge in [0, 0.05) is 11.1 Å². The average Bonchev–Trinajstić information content (AvgIpc) is 2.14. The number of H-pyrrole nitrogens is 1. The van der Waals surface area contributed by atoms with E-state index in [1.165, 1.54) is 0 Å². The zero-order valence-electron chi connectivity index (χ0n) is 4.20. The summed E-state index contributed by atoms with van der Waals surface area (Å²) in [5.74, 6) is -0.0748. The number of anilines is 1. The van der Waals surface area contributed by atoms with E-state index in [2.05, 4.69) is 15.2 Å². The maximum Gasteiger partial charge on any atom is 0.240 e. The van der Waals surface area contributed by atoms with Crippen molar-refractivity contribution in [2.45, 2.75) is 5.16 Å². The molecule has 7 heteroatoms. The summed E-state index contributed by atoms with van der Waals surface area (Å²) in [6.07, 6.45) is 0. The fourth-order valence-electron chi connectivity index (χ4n) is 0.334. The molecule has 0 aromatic carbocycles. The Morgan fingerprint density at radius 3 is 2.67 bits per heavy atom. The molecule has 0 spiro atoms. The molecule has 0 radical (unpaired) electrons. The standard InChI is InChI=1S/C2H4N4O2S/c3-1-4-2(6-5-1)9(7)8/h(H,7,8)(H3,3,4,5,6)/p-1. The fraction of sp³-hybridized carbons (Fsp3) is 0. The number of hydrogen-bond acceptors (Lipinski definition) is 5. The van der Waals surface area contributed by atoms with Gasteiger partial charge in [-0.05, 0) is 0 Å². The van der Waals surface area contributed by atoms with Gasteiger partial charge in [-0.1, -0.05) is 0 Å². The Hall–Kier alpha value is -0.950. The van der Waals surface area contributed by atoms with Crippen molar-refractivity contribution in [3.05, 3.63) is 0 Å². The van der Waals surface area contributed by atoms with Crippen LogP contribution in [0, 0.1) is 0 Å². The minimum absolute atomic E-state index is 0.0748. The summed E-state index contributed by atoms with van der Waals surface area (Å²) < 4.78 is 20.0. The molecule has 3 N–H and O–H groups in total. The number of aromatic amines is 1. The molecule has 0 aliphatic carbocycles. The highest BCUT2D eigenvalue weighted by Crippen LogP contribution is 1.95. The van der Waals surface area contributed by atoms with Gasteiger partial charge in [0.15, 0.2) is 0 Å². The zero-order valence-corrected chi connectivity index (χ0v) is 5.01. The van der Waals surface area contributed by atoms with Crippen molar-refractivity contribution < 1.29 is 8.76 Å². The Morgan fingerprint density at radius 2 is 2.44 bits per heavy atom. The molecule has 0 fully saturated rings. The molecule has 0 aliphatic heterocycles. The molecule has 50 valence electrons. The Morgan fingerprint density at radius 1 is 1.78 bits per heavy atom. The van der Waals surface area contributed by atoms with Crippen LogP contribution in [0.1, 0.15) is 0 Å². The van der Waals surface area contributed by atoms with Gasteiger partial charge in [0.25, 0.3) is 0 Å². The summed E-state index contributed by atoms with van der Waals surface area (Å²) in [6.45, 7) is 0. The summed E-state index contributed by atoms with van der Waals surface area (Å²) in [7, 11) is 0. The minimum atomic E-state index is -2.37. The summed E-state index contributed by atoms with van der Waals surface area (Å²) in [5.41, 5.74) is 4.99. The first-order valence-electron chi connectivity index (χ1n) is 1.97. The third kappa shape index (κ3) is 1.24. The molecule has 0 bridgehead atoms. The third-order valence-corrected chi connectivity index (χ3v) is 1.14. The number of nitrogens with zero attached hydrogens (tertiary/aromatic N) is 2. The second-order valence-corrected chi connectivity index (χ2v) is 2.09. The highest BCUT2D eigenvalue weighted by Gasteiger charge is 1.96. The predicted octanol–water partition coefficient (Wildman–Crippen LogP) is -1.38. The van der Waals surface area contributed by atoms with Gasteiger partial charge in [-0.15, -0.1) is 5.10 Å². The van der Waals surface area contributed by atoms with Crippen LogP contribution in [0.3, 0.4) is 0 Å². The van der Waals surface area contributed by atoms with Crippen molar-refractivity contribution in [3.63, 3.8) is 0 Å². The third-order valence-electron chi connectivity index (χ3n) is 0.640. The van der Waals surface area contributed by atoms with Gasteiger partial charge in [-0.2, -0.15) is 4.98 Å². The summed E-state index contributed by atoms with van der Waals surface area (Å²) in [6, 6.07) is 0. The lowest BCUT2D eigenvalue weighted by Gasteiger charge is -1.94. The Balaban J connectivity index is 2.98. The van der Waals surface area contributed by atoms with Crippen molar-refractivity contribution >= 4 is 17.0 Å². The number of nitrogens with one attached hydrogen (secondary N) is 1. The summed E-state index contributed by atoms with van der Waals surface area (Å²) in [4.78, 5) is 3.31. The largest absolute Gasteiger partial charge is 0.766 e. The molecule has 6 nitrogen and oxygen atoms in total. The van der Waals surface area contributed by atoms with Crippen molar-refractivity contribution in [2.75, 3.05) is 5.73 Å². The summed E-state index contributed by atoms with van der Waals surface area (Å²) in [5, 5.41) is 5.15. The highest BCUT2D eigenvalue weighted by atomic mass is 32.2. The van der Waals surface area contributed by atoms with E-state index in [9.17, 15) is 8.76 Å². The Bertz CT molecular complexity index is 232. The molecular weight excluding hydrogens is 144 g/mol. The first-order chi connectivity index (χ1) is 4.20. The molecule has 1 rings (SSSR count). The molecule has 0 saturated carbocycles. The van der Waals surface area contributed by atoms with Gasteiger partial charge in [0.05, 0.1) is 0 Å². The number of nitrogen functional groups attached to an aromatic ring is 1. The summed E-state index contributed by atoms with van der Waals surface area (Å²) >= 11 is -2.37. The molecule has 1 aromatic heterocycles. The molecule has 0 saturated heterocycles. The normalized spacial score (nSPS) is 13.4. The van der Waals surface area contributed by atoms with Crippen LogP contribution in [0.25, 0.3) is 0 Å². The van der Waals surface area contributed by atoms with Gasteiger partial charge in [0.2, 0.25) is 11.1 Å². The van der Waals surface area contributed by atoms with E-state index >= 15 is 0 Å². The molecule has 0 amide bonds. The van der Waals surface area contributed by atoms with Crippen molar-refractivity contribution in [1.82, 2.24) is 15.2 Å².